The van der Waals surface area contributed by atoms with E-state index in [0.29, 0.717) is 12.8 Å². The summed E-state index contributed by atoms with van der Waals surface area (Å²) in [5, 5.41) is 0. The molecule has 17 heavy (non-hydrogen) atoms. The summed E-state index contributed by atoms with van der Waals surface area (Å²) in [7, 11) is 1.36. The monoisotopic (exact) mass is 236 g/mol. The molecule has 0 N–H and O–H groups in total. The van der Waals surface area contributed by atoms with E-state index in [9.17, 15) is 9.59 Å². The van der Waals surface area contributed by atoms with Crippen molar-refractivity contribution in [2.75, 3.05) is 7.11 Å². The van der Waals surface area contributed by atoms with Crippen LogP contribution in [0.2, 0.25) is 0 Å². The Bertz CT molecular complexity index is 370. The van der Waals surface area contributed by atoms with Crippen molar-refractivity contribution in [1.82, 2.24) is 0 Å². The number of hydrogen-bond acceptors (Lipinski definition) is 3. The first-order valence-corrected chi connectivity index (χ1v) is 6.37. The van der Waals surface area contributed by atoms with Gasteiger partial charge in [0.15, 0.2) is 0 Å². The molecule has 0 aromatic carbocycles. The Morgan fingerprint density at radius 3 is 2.94 bits per heavy atom. The summed E-state index contributed by atoms with van der Waals surface area (Å²) in [5.74, 6) is -0.847. The number of Topliss-reactive ketones (excluding diaryl/α,β-unsaturated/α-hetero) is 1. The molecule has 0 bridgehead atoms. The van der Waals surface area contributed by atoms with E-state index < -0.39 is 5.92 Å². The van der Waals surface area contributed by atoms with Gasteiger partial charge in [0, 0.05) is 6.42 Å². The first kappa shape index (κ1) is 12.3. The van der Waals surface area contributed by atoms with Gasteiger partial charge in [0.1, 0.15) is 11.7 Å². The number of ketones is 1. The third-order valence-corrected chi connectivity index (χ3v) is 4.26. The molecule has 2 rings (SSSR count). The lowest BCUT2D eigenvalue weighted by Crippen LogP contribution is -2.33. The van der Waals surface area contributed by atoms with Gasteiger partial charge in [-0.05, 0) is 37.5 Å². The Hall–Kier alpha value is -1.12. The maximum Gasteiger partial charge on any atom is 0.316 e. The van der Waals surface area contributed by atoms with Gasteiger partial charge >= 0.3 is 5.97 Å². The zero-order valence-electron chi connectivity index (χ0n) is 10.6. The van der Waals surface area contributed by atoms with Crippen LogP contribution in [-0.4, -0.2) is 18.9 Å². The van der Waals surface area contributed by atoms with E-state index >= 15 is 0 Å². The molecule has 2 aliphatic carbocycles. The standard InChI is InChI=1S/C14H20O3/c1-14-8-4-6-10(14)5-3-7-12(15)11(9-14)13(16)17-2/h6,11H,3-5,7-9H2,1-2H3/t11?,14-/m0/s1. The Balaban J connectivity index is 2.24. The zero-order chi connectivity index (χ0) is 12.5. The number of ether oxygens (including phenoxy) is 1. The molecule has 0 radical (unpaired) electrons. The topological polar surface area (TPSA) is 43.4 Å². The highest BCUT2D eigenvalue weighted by atomic mass is 16.5. The number of methoxy groups -OCH3 is 1. The average molecular weight is 236 g/mol. The molecule has 1 unspecified atom stereocenters. The summed E-state index contributed by atoms with van der Waals surface area (Å²) in [6.45, 7) is 2.18. The molecule has 1 fully saturated rings. The van der Waals surface area contributed by atoms with Gasteiger partial charge in [-0.2, -0.15) is 0 Å². The second-order valence-corrected chi connectivity index (χ2v) is 5.43. The highest BCUT2D eigenvalue weighted by molar-refractivity contribution is 5.99. The highest BCUT2D eigenvalue weighted by Gasteiger charge is 2.41. The van der Waals surface area contributed by atoms with Gasteiger partial charge in [-0.25, -0.2) is 0 Å². The Morgan fingerprint density at radius 2 is 2.24 bits per heavy atom. The molecule has 0 aromatic heterocycles. The Kier molecular flexibility index (Phi) is 3.36. The van der Waals surface area contributed by atoms with Crippen LogP contribution in [-0.2, 0) is 14.3 Å². The summed E-state index contributed by atoms with van der Waals surface area (Å²) >= 11 is 0. The van der Waals surface area contributed by atoms with E-state index in [1.807, 2.05) is 0 Å². The van der Waals surface area contributed by atoms with Gasteiger partial charge in [0.25, 0.3) is 0 Å². The van der Waals surface area contributed by atoms with Crippen LogP contribution in [0.4, 0.5) is 0 Å². The molecular weight excluding hydrogens is 216 g/mol. The largest absolute Gasteiger partial charge is 0.468 e. The lowest BCUT2D eigenvalue weighted by Gasteiger charge is -2.33. The molecule has 0 aromatic rings. The molecule has 1 saturated carbocycles. The number of esters is 1. The van der Waals surface area contributed by atoms with Crippen molar-refractivity contribution in [3.8, 4) is 0 Å². The Morgan fingerprint density at radius 1 is 1.47 bits per heavy atom. The maximum atomic E-state index is 12.0. The molecule has 94 valence electrons. The quantitative estimate of drug-likeness (QED) is 0.399. The lowest BCUT2D eigenvalue weighted by atomic mass is 9.71. The molecule has 3 nitrogen and oxygen atoms in total. The predicted octanol–water partition coefficient (Wildman–Crippen LogP) is 2.65. The van der Waals surface area contributed by atoms with E-state index in [1.165, 1.54) is 12.7 Å². The minimum Gasteiger partial charge on any atom is -0.468 e. The normalized spacial score (nSPS) is 33.4. The summed E-state index contributed by atoms with van der Waals surface area (Å²) in [4.78, 5) is 23.7. The van der Waals surface area contributed by atoms with Crippen molar-refractivity contribution in [1.29, 1.82) is 0 Å². The van der Waals surface area contributed by atoms with Gasteiger partial charge in [-0.1, -0.05) is 18.6 Å². The number of carbonyl (C=O) groups excluding carboxylic acids is 2. The number of allylic oxidation sites excluding steroid dienone is 2. The summed E-state index contributed by atoms with van der Waals surface area (Å²) in [5.41, 5.74) is 1.48. The fraction of sp³-hybridized carbons (Fsp3) is 0.714. The number of fused-ring (bicyclic) bond motifs is 1. The third-order valence-electron chi connectivity index (χ3n) is 4.26. The van der Waals surface area contributed by atoms with Crippen LogP contribution in [0.15, 0.2) is 11.6 Å². The van der Waals surface area contributed by atoms with Gasteiger partial charge < -0.3 is 4.74 Å². The van der Waals surface area contributed by atoms with Crippen LogP contribution < -0.4 is 0 Å². The highest BCUT2D eigenvalue weighted by Crippen LogP contribution is 2.47. The molecule has 2 atom stereocenters. The van der Waals surface area contributed by atoms with Crippen molar-refractivity contribution in [3.05, 3.63) is 11.6 Å². The Labute approximate surface area is 102 Å². The maximum absolute atomic E-state index is 12.0. The summed E-state index contributed by atoms with van der Waals surface area (Å²) in [6.07, 6.45) is 7.45. The van der Waals surface area contributed by atoms with Crippen molar-refractivity contribution < 1.29 is 14.3 Å². The predicted molar refractivity (Wildman–Crippen MR) is 64.4 cm³/mol. The van der Waals surface area contributed by atoms with Crippen LogP contribution in [0.5, 0.6) is 0 Å². The van der Waals surface area contributed by atoms with Crippen LogP contribution in [0.25, 0.3) is 0 Å². The molecule has 2 aliphatic rings. The second kappa shape index (κ2) is 4.63. The second-order valence-electron chi connectivity index (χ2n) is 5.43. The van der Waals surface area contributed by atoms with E-state index in [1.54, 1.807) is 0 Å². The van der Waals surface area contributed by atoms with Crippen molar-refractivity contribution >= 4 is 11.8 Å². The molecule has 3 heteroatoms. The smallest absolute Gasteiger partial charge is 0.316 e. The first-order valence-electron chi connectivity index (χ1n) is 6.37. The van der Waals surface area contributed by atoms with Crippen molar-refractivity contribution in [2.45, 2.75) is 45.4 Å². The average Bonchev–Trinajstić information content (AvgIpc) is 2.65. The van der Waals surface area contributed by atoms with Gasteiger partial charge in [0.2, 0.25) is 0 Å². The number of hydrogen-bond donors (Lipinski definition) is 0. The van der Waals surface area contributed by atoms with Crippen LogP contribution in [0.3, 0.4) is 0 Å². The molecule has 0 saturated heterocycles. The molecule has 0 aliphatic heterocycles. The van der Waals surface area contributed by atoms with E-state index in [2.05, 4.69) is 13.0 Å². The minimum atomic E-state index is -0.549. The number of rotatable bonds is 1. The third kappa shape index (κ3) is 2.28. The SMILES string of the molecule is COC(=O)C1C[C@]2(C)CCC=C2CCCC1=O. The minimum absolute atomic E-state index is 0.0366. The molecule has 0 heterocycles. The first-order chi connectivity index (χ1) is 8.07. The van der Waals surface area contributed by atoms with Gasteiger partial charge in [-0.3, -0.25) is 9.59 Å². The molecule has 0 amide bonds. The summed E-state index contributed by atoms with van der Waals surface area (Å²) < 4.78 is 4.77. The van der Waals surface area contributed by atoms with Crippen LogP contribution in [0.1, 0.15) is 45.4 Å². The summed E-state index contributed by atoms with van der Waals surface area (Å²) in [6, 6.07) is 0. The fourth-order valence-corrected chi connectivity index (χ4v) is 3.16. The van der Waals surface area contributed by atoms with E-state index in [4.69, 9.17) is 4.74 Å². The zero-order valence-corrected chi connectivity index (χ0v) is 10.6. The fourth-order valence-electron chi connectivity index (χ4n) is 3.16. The van der Waals surface area contributed by atoms with Crippen LogP contribution in [0, 0.1) is 11.3 Å². The van der Waals surface area contributed by atoms with Crippen LogP contribution >= 0.6 is 0 Å². The number of carbonyl (C=O) groups is 2. The van der Waals surface area contributed by atoms with Crippen molar-refractivity contribution in [2.24, 2.45) is 11.3 Å². The van der Waals surface area contributed by atoms with Gasteiger partial charge in [0.05, 0.1) is 7.11 Å². The molecular formula is C14H20O3. The van der Waals surface area contributed by atoms with E-state index in [0.717, 1.165) is 25.7 Å². The molecule has 0 spiro atoms. The van der Waals surface area contributed by atoms with Crippen molar-refractivity contribution in [3.63, 3.8) is 0 Å². The van der Waals surface area contributed by atoms with Gasteiger partial charge in [-0.15, -0.1) is 0 Å². The van der Waals surface area contributed by atoms with E-state index in [-0.39, 0.29) is 17.2 Å². The lowest BCUT2D eigenvalue weighted by molar-refractivity contribution is -0.150.